The van der Waals surface area contributed by atoms with E-state index in [0.717, 1.165) is 23.6 Å². The molecule has 0 unspecified atom stereocenters. The van der Waals surface area contributed by atoms with Gasteiger partial charge in [0.15, 0.2) is 0 Å². The Morgan fingerprint density at radius 3 is 2.67 bits per heavy atom. The van der Waals surface area contributed by atoms with E-state index in [1.54, 1.807) is 13.0 Å². The van der Waals surface area contributed by atoms with Gasteiger partial charge in [0.1, 0.15) is 23.2 Å². The van der Waals surface area contributed by atoms with Crippen molar-refractivity contribution in [2.45, 2.75) is 46.1 Å². The number of imidazole rings is 1. The van der Waals surface area contributed by atoms with Crippen molar-refractivity contribution < 1.29 is 4.39 Å². The Balaban J connectivity index is 2.07. The number of aromatic nitrogens is 2. The highest BCUT2D eigenvalue weighted by atomic mass is 19.1. The summed E-state index contributed by atoms with van der Waals surface area (Å²) >= 11 is 0. The minimum atomic E-state index is -0.210. The number of nitrogen functional groups attached to an aromatic ring is 1. The monoisotopic (exact) mass is 287 g/mol. The molecular weight excluding hydrogens is 265 g/mol. The first-order valence-electron chi connectivity index (χ1n) is 7.59. The Labute approximate surface area is 125 Å². The molecule has 3 nitrogen and oxygen atoms in total. The number of benzene rings is 1. The molecule has 3 rings (SSSR count). The van der Waals surface area contributed by atoms with Crippen molar-refractivity contribution in [2.24, 2.45) is 5.92 Å². The van der Waals surface area contributed by atoms with Crippen LogP contribution in [-0.2, 0) is 6.54 Å². The van der Waals surface area contributed by atoms with Crippen molar-refractivity contribution >= 4 is 5.82 Å². The standard InChI is InChI=1S/C17H22FN3/c1-10(2)9-21-16(19)15(20-17(21)12-6-7-12)13-5-4-11(3)14(18)8-13/h4-5,8,10,12H,6-7,9,19H2,1-3H3. The third-order valence-corrected chi connectivity index (χ3v) is 3.97. The second-order valence-corrected chi connectivity index (χ2v) is 6.45. The van der Waals surface area contributed by atoms with Crippen LogP contribution in [0.1, 0.15) is 44.0 Å². The molecule has 1 aliphatic carbocycles. The number of nitrogens with zero attached hydrogens (tertiary/aromatic N) is 2. The van der Waals surface area contributed by atoms with Crippen LogP contribution in [-0.4, -0.2) is 9.55 Å². The van der Waals surface area contributed by atoms with Gasteiger partial charge in [-0.05, 0) is 37.3 Å². The van der Waals surface area contributed by atoms with Gasteiger partial charge >= 0.3 is 0 Å². The van der Waals surface area contributed by atoms with Crippen LogP contribution in [0.25, 0.3) is 11.3 Å². The van der Waals surface area contributed by atoms with E-state index in [9.17, 15) is 4.39 Å². The number of anilines is 1. The van der Waals surface area contributed by atoms with Gasteiger partial charge < -0.3 is 10.3 Å². The first-order valence-corrected chi connectivity index (χ1v) is 7.59. The highest BCUT2D eigenvalue weighted by Gasteiger charge is 2.31. The summed E-state index contributed by atoms with van der Waals surface area (Å²) in [6.07, 6.45) is 2.35. The lowest BCUT2D eigenvalue weighted by molar-refractivity contribution is 0.512. The maximum atomic E-state index is 13.8. The third kappa shape index (κ3) is 2.67. The molecule has 1 heterocycles. The molecule has 0 atom stereocenters. The molecule has 1 saturated carbocycles. The lowest BCUT2D eigenvalue weighted by Gasteiger charge is -2.12. The Morgan fingerprint density at radius 2 is 2.10 bits per heavy atom. The molecule has 21 heavy (non-hydrogen) atoms. The molecule has 0 spiro atoms. The summed E-state index contributed by atoms with van der Waals surface area (Å²) < 4.78 is 15.9. The summed E-state index contributed by atoms with van der Waals surface area (Å²) in [5.74, 6) is 2.54. The van der Waals surface area contributed by atoms with Crippen LogP contribution < -0.4 is 5.73 Å². The molecule has 0 aliphatic heterocycles. The zero-order valence-electron chi connectivity index (χ0n) is 12.9. The molecule has 2 aromatic rings. The Bertz CT molecular complexity index is 669. The topological polar surface area (TPSA) is 43.8 Å². The van der Waals surface area contributed by atoms with Crippen molar-refractivity contribution in [2.75, 3.05) is 5.73 Å². The Morgan fingerprint density at radius 1 is 1.38 bits per heavy atom. The smallest absolute Gasteiger partial charge is 0.131 e. The van der Waals surface area contributed by atoms with Gasteiger partial charge in [0.2, 0.25) is 0 Å². The fourth-order valence-corrected chi connectivity index (χ4v) is 2.65. The number of nitrogens with two attached hydrogens (primary N) is 1. The molecule has 112 valence electrons. The second-order valence-electron chi connectivity index (χ2n) is 6.45. The van der Waals surface area contributed by atoms with E-state index in [1.165, 1.54) is 18.9 Å². The number of hydrogen-bond donors (Lipinski definition) is 1. The number of rotatable bonds is 4. The summed E-state index contributed by atoms with van der Waals surface area (Å²) in [5, 5.41) is 0. The SMILES string of the molecule is Cc1ccc(-c2nc(C3CC3)n(CC(C)C)c2N)cc1F. The average molecular weight is 287 g/mol. The summed E-state index contributed by atoms with van der Waals surface area (Å²) in [6, 6.07) is 5.21. The van der Waals surface area contributed by atoms with Gasteiger partial charge in [-0.1, -0.05) is 26.0 Å². The minimum Gasteiger partial charge on any atom is -0.383 e. The van der Waals surface area contributed by atoms with Crippen LogP contribution >= 0.6 is 0 Å². The first-order chi connectivity index (χ1) is 9.97. The predicted octanol–water partition coefficient (Wildman–Crippen LogP) is 4.11. The Kier molecular flexibility index (Phi) is 3.47. The van der Waals surface area contributed by atoms with Gasteiger partial charge in [-0.3, -0.25) is 0 Å². The predicted molar refractivity (Wildman–Crippen MR) is 83.6 cm³/mol. The molecule has 4 heteroatoms. The summed E-state index contributed by atoms with van der Waals surface area (Å²) in [4.78, 5) is 4.74. The molecule has 0 bridgehead atoms. The normalized spacial score (nSPS) is 14.9. The van der Waals surface area contributed by atoms with Crippen molar-refractivity contribution in [1.29, 1.82) is 0 Å². The summed E-state index contributed by atoms with van der Waals surface area (Å²) in [5.41, 5.74) is 8.44. The minimum absolute atomic E-state index is 0.210. The number of hydrogen-bond acceptors (Lipinski definition) is 2. The van der Waals surface area contributed by atoms with Crippen molar-refractivity contribution in [3.05, 3.63) is 35.4 Å². The van der Waals surface area contributed by atoms with E-state index in [4.69, 9.17) is 10.7 Å². The molecule has 1 aromatic carbocycles. The molecular formula is C17H22FN3. The van der Waals surface area contributed by atoms with Crippen LogP contribution in [0.3, 0.4) is 0 Å². The quantitative estimate of drug-likeness (QED) is 0.919. The van der Waals surface area contributed by atoms with Crippen molar-refractivity contribution in [3.63, 3.8) is 0 Å². The highest BCUT2D eigenvalue weighted by molar-refractivity contribution is 5.71. The van der Waals surface area contributed by atoms with Crippen LogP contribution in [0.2, 0.25) is 0 Å². The van der Waals surface area contributed by atoms with Crippen LogP contribution in [0.5, 0.6) is 0 Å². The maximum absolute atomic E-state index is 13.8. The molecule has 1 aliphatic rings. The van der Waals surface area contributed by atoms with E-state index < -0.39 is 0 Å². The molecule has 2 N–H and O–H groups in total. The van der Waals surface area contributed by atoms with Gasteiger partial charge in [0, 0.05) is 18.0 Å². The molecule has 0 saturated heterocycles. The third-order valence-electron chi connectivity index (χ3n) is 3.97. The van der Waals surface area contributed by atoms with Crippen LogP contribution in [0.15, 0.2) is 18.2 Å². The van der Waals surface area contributed by atoms with Crippen molar-refractivity contribution in [1.82, 2.24) is 9.55 Å². The van der Waals surface area contributed by atoms with Crippen LogP contribution in [0.4, 0.5) is 10.2 Å². The molecule has 0 radical (unpaired) electrons. The van der Waals surface area contributed by atoms with Gasteiger partial charge in [-0.25, -0.2) is 9.37 Å². The number of halogens is 1. The van der Waals surface area contributed by atoms with Gasteiger partial charge in [0.05, 0.1) is 0 Å². The Hall–Kier alpha value is -1.84. The van der Waals surface area contributed by atoms with Crippen LogP contribution in [0, 0.1) is 18.7 Å². The van der Waals surface area contributed by atoms with Crippen molar-refractivity contribution in [3.8, 4) is 11.3 Å². The molecule has 0 amide bonds. The fraction of sp³-hybridized carbons (Fsp3) is 0.471. The van der Waals surface area contributed by atoms with Gasteiger partial charge in [-0.2, -0.15) is 0 Å². The highest BCUT2D eigenvalue weighted by Crippen LogP contribution is 2.42. The maximum Gasteiger partial charge on any atom is 0.131 e. The zero-order chi connectivity index (χ0) is 15.1. The van der Waals surface area contributed by atoms with Gasteiger partial charge in [0.25, 0.3) is 0 Å². The fourth-order valence-electron chi connectivity index (χ4n) is 2.65. The zero-order valence-corrected chi connectivity index (χ0v) is 12.9. The average Bonchev–Trinajstić information content (AvgIpc) is 3.21. The van der Waals surface area contributed by atoms with E-state index in [-0.39, 0.29) is 5.82 Å². The van der Waals surface area contributed by atoms with E-state index in [0.29, 0.717) is 23.2 Å². The van der Waals surface area contributed by atoms with E-state index in [2.05, 4.69) is 18.4 Å². The molecule has 1 aromatic heterocycles. The number of aryl methyl sites for hydroxylation is 1. The van der Waals surface area contributed by atoms with E-state index in [1.807, 2.05) is 6.07 Å². The lowest BCUT2D eigenvalue weighted by Crippen LogP contribution is -2.10. The molecule has 1 fully saturated rings. The second kappa shape index (κ2) is 5.17. The van der Waals surface area contributed by atoms with Gasteiger partial charge in [-0.15, -0.1) is 0 Å². The van der Waals surface area contributed by atoms with E-state index >= 15 is 0 Å². The summed E-state index contributed by atoms with van der Waals surface area (Å²) in [7, 11) is 0. The first kappa shape index (κ1) is 14.1. The summed E-state index contributed by atoms with van der Waals surface area (Å²) in [6.45, 7) is 6.96. The largest absolute Gasteiger partial charge is 0.383 e. The lowest BCUT2D eigenvalue weighted by atomic mass is 10.1.